The molecule has 0 spiro atoms. The van der Waals surface area contributed by atoms with Crippen LogP contribution in [0.15, 0.2) is 24.3 Å². The summed E-state index contributed by atoms with van der Waals surface area (Å²) in [6.45, 7) is 1.16. The van der Waals surface area contributed by atoms with E-state index in [1.807, 2.05) is 24.3 Å². The molecule has 1 aliphatic carbocycles. The maximum Gasteiger partial charge on any atom is 1.00 e. The topological polar surface area (TPSA) is 86.5 Å². The average Bonchev–Trinajstić information content (AvgIpc) is 2.78. The molecule has 20 heavy (non-hydrogen) atoms. The standard InChI is InChI=1S/C14H18N2O3.Na/c1-9(15)14(19)16(8-13(17)18)12-6-10-4-2-3-5-11(10)7-12;/h2-5,9,12H,6-8,15H2,1H3,(H,17,18);/q;+1/p-1/t9-;/m0./s1. The van der Waals surface area contributed by atoms with Crippen molar-refractivity contribution in [3.05, 3.63) is 35.4 Å². The smallest absolute Gasteiger partial charge is 0.548 e. The Hall–Kier alpha value is -0.880. The van der Waals surface area contributed by atoms with Crippen molar-refractivity contribution >= 4 is 11.9 Å². The summed E-state index contributed by atoms with van der Waals surface area (Å²) in [4.78, 5) is 24.2. The molecule has 0 unspecified atom stereocenters. The number of rotatable bonds is 4. The van der Waals surface area contributed by atoms with Gasteiger partial charge in [-0.2, -0.15) is 0 Å². The molecule has 1 atom stereocenters. The molecular weight excluding hydrogens is 267 g/mol. The van der Waals surface area contributed by atoms with Gasteiger partial charge in [-0.1, -0.05) is 24.3 Å². The SMILES string of the molecule is C[C@H](N)C(=O)N(CC(=O)[O-])C1Cc2ccccc2C1.[Na+]. The molecule has 0 heterocycles. The molecule has 0 saturated heterocycles. The Kier molecular flexibility index (Phi) is 6.20. The van der Waals surface area contributed by atoms with Gasteiger partial charge in [0, 0.05) is 6.04 Å². The van der Waals surface area contributed by atoms with Crippen molar-refractivity contribution in [2.45, 2.75) is 31.8 Å². The minimum atomic E-state index is -1.26. The molecule has 2 N–H and O–H groups in total. The molecule has 1 aromatic rings. The molecule has 1 amide bonds. The molecule has 1 aliphatic rings. The molecular formula is C14H17N2NaO3. The van der Waals surface area contributed by atoms with Crippen molar-refractivity contribution in [1.29, 1.82) is 0 Å². The van der Waals surface area contributed by atoms with Crippen LogP contribution in [0, 0.1) is 0 Å². The van der Waals surface area contributed by atoms with E-state index in [4.69, 9.17) is 5.73 Å². The van der Waals surface area contributed by atoms with Crippen molar-refractivity contribution in [3.63, 3.8) is 0 Å². The Bertz CT molecular complexity index is 480. The predicted molar refractivity (Wildman–Crippen MR) is 68.0 cm³/mol. The number of hydrogen-bond donors (Lipinski definition) is 1. The molecule has 6 heteroatoms. The van der Waals surface area contributed by atoms with Gasteiger partial charge in [0.05, 0.1) is 18.6 Å². The number of benzene rings is 1. The summed E-state index contributed by atoms with van der Waals surface area (Å²) in [6, 6.07) is 7.04. The number of hydrogen-bond acceptors (Lipinski definition) is 4. The van der Waals surface area contributed by atoms with E-state index in [0.717, 1.165) is 11.1 Å². The minimum absolute atomic E-state index is 0. The van der Waals surface area contributed by atoms with Crippen molar-refractivity contribution in [3.8, 4) is 0 Å². The maximum atomic E-state index is 12.0. The van der Waals surface area contributed by atoms with Crippen LogP contribution in [-0.2, 0) is 22.4 Å². The van der Waals surface area contributed by atoms with Crippen LogP contribution in [0.25, 0.3) is 0 Å². The second-order valence-corrected chi connectivity index (χ2v) is 4.96. The van der Waals surface area contributed by atoms with E-state index >= 15 is 0 Å². The van der Waals surface area contributed by atoms with Gasteiger partial charge in [0.2, 0.25) is 5.91 Å². The number of aliphatic carboxylic acids is 1. The fraction of sp³-hybridized carbons (Fsp3) is 0.429. The normalized spacial score (nSPS) is 15.1. The number of carbonyl (C=O) groups is 2. The summed E-state index contributed by atoms with van der Waals surface area (Å²) in [5, 5.41) is 10.8. The van der Waals surface area contributed by atoms with Gasteiger partial charge in [0.15, 0.2) is 0 Å². The molecule has 2 rings (SSSR count). The molecule has 102 valence electrons. The zero-order valence-electron chi connectivity index (χ0n) is 11.8. The second-order valence-electron chi connectivity index (χ2n) is 4.96. The van der Waals surface area contributed by atoms with E-state index in [2.05, 4.69) is 0 Å². The van der Waals surface area contributed by atoms with E-state index < -0.39 is 18.6 Å². The zero-order chi connectivity index (χ0) is 14.0. The Morgan fingerprint density at radius 3 is 2.25 bits per heavy atom. The quantitative estimate of drug-likeness (QED) is 0.572. The van der Waals surface area contributed by atoms with E-state index in [-0.39, 0.29) is 41.5 Å². The van der Waals surface area contributed by atoms with Crippen LogP contribution in [0.2, 0.25) is 0 Å². The van der Waals surface area contributed by atoms with Gasteiger partial charge in [-0.05, 0) is 30.9 Å². The first kappa shape index (κ1) is 17.2. The van der Waals surface area contributed by atoms with Crippen LogP contribution < -0.4 is 40.4 Å². The zero-order valence-corrected chi connectivity index (χ0v) is 13.8. The summed E-state index contributed by atoms with van der Waals surface area (Å²) in [7, 11) is 0. The van der Waals surface area contributed by atoms with E-state index in [9.17, 15) is 14.7 Å². The number of carboxylic acid groups (broad SMARTS) is 1. The largest absolute Gasteiger partial charge is 1.00 e. The van der Waals surface area contributed by atoms with Gasteiger partial charge in [0.1, 0.15) is 0 Å². The molecule has 0 fully saturated rings. The number of carbonyl (C=O) groups excluding carboxylic acids is 2. The summed E-state index contributed by atoms with van der Waals surface area (Å²) >= 11 is 0. The molecule has 5 nitrogen and oxygen atoms in total. The van der Waals surface area contributed by atoms with E-state index in [0.29, 0.717) is 12.8 Å². The number of amides is 1. The van der Waals surface area contributed by atoms with Crippen molar-refractivity contribution in [2.75, 3.05) is 6.54 Å². The van der Waals surface area contributed by atoms with Crippen LogP contribution >= 0.6 is 0 Å². The second kappa shape index (κ2) is 7.22. The Morgan fingerprint density at radius 2 is 1.85 bits per heavy atom. The Labute approximate surface area is 140 Å². The van der Waals surface area contributed by atoms with Crippen LogP contribution in [0.3, 0.4) is 0 Å². The molecule has 0 bridgehead atoms. The molecule has 0 aliphatic heterocycles. The van der Waals surface area contributed by atoms with Crippen LogP contribution in [0.4, 0.5) is 0 Å². The van der Waals surface area contributed by atoms with Crippen LogP contribution in [-0.4, -0.2) is 35.4 Å². The summed E-state index contributed by atoms with van der Waals surface area (Å²) in [5.74, 6) is -1.60. The van der Waals surface area contributed by atoms with Gasteiger partial charge in [-0.25, -0.2) is 0 Å². The number of nitrogens with zero attached hydrogens (tertiary/aromatic N) is 1. The Balaban J connectivity index is 0.00000200. The summed E-state index contributed by atoms with van der Waals surface area (Å²) in [5.41, 5.74) is 7.90. The van der Waals surface area contributed by atoms with E-state index in [1.54, 1.807) is 6.92 Å². The van der Waals surface area contributed by atoms with Gasteiger partial charge in [-0.3, -0.25) is 4.79 Å². The minimum Gasteiger partial charge on any atom is -0.548 e. The molecule has 0 aromatic heterocycles. The van der Waals surface area contributed by atoms with Crippen molar-refractivity contribution < 1.29 is 44.3 Å². The van der Waals surface area contributed by atoms with Crippen molar-refractivity contribution in [2.24, 2.45) is 5.73 Å². The van der Waals surface area contributed by atoms with Gasteiger partial charge in [-0.15, -0.1) is 0 Å². The first-order chi connectivity index (χ1) is 8.99. The monoisotopic (exact) mass is 284 g/mol. The number of carboxylic acids is 1. The van der Waals surface area contributed by atoms with Crippen LogP contribution in [0.1, 0.15) is 18.1 Å². The fourth-order valence-corrected chi connectivity index (χ4v) is 2.54. The third-order valence-corrected chi connectivity index (χ3v) is 3.44. The predicted octanol–water partition coefficient (Wildman–Crippen LogP) is -3.92. The summed E-state index contributed by atoms with van der Waals surface area (Å²) < 4.78 is 0. The third kappa shape index (κ3) is 3.82. The average molecular weight is 284 g/mol. The molecule has 0 saturated carbocycles. The van der Waals surface area contributed by atoms with Gasteiger partial charge >= 0.3 is 29.6 Å². The maximum absolute atomic E-state index is 12.0. The van der Waals surface area contributed by atoms with E-state index in [1.165, 1.54) is 4.90 Å². The van der Waals surface area contributed by atoms with Gasteiger partial charge < -0.3 is 20.5 Å². The van der Waals surface area contributed by atoms with Crippen LogP contribution in [0.5, 0.6) is 0 Å². The first-order valence-corrected chi connectivity index (χ1v) is 6.31. The summed E-state index contributed by atoms with van der Waals surface area (Å²) in [6.07, 6.45) is 1.34. The number of fused-ring (bicyclic) bond motifs is 1. The Morgan fingerprint density at radius 1 is 1.35 bits per heavy atom. The van der Waals surface area contributed by atoms with Crippen molar-refractivity contribution in [1.82, 2.24) is 4.90 Å². The molecule has 0 radical (unpaired) electrons. The van der Waals surface area contributed by atoms with Gasteiger partial charge in [0.25, 0.3) is 0 Å². The molecule has 1 aromatic carbocycles. The first-order valence-electron chi connectivity index (χ1n) is 6.31. The fourth-order valence-electron chi connectivity index (χ4n) is 2.54. The third-order valence-electron chi connectivity index (χ3n) is 3.44. The number of nitrogens with two attached hydrogens (primary N) is 1.